The Labute approximate surface area is 140 Å². The van der Waals surface area contributed by atoms with Gasteiger partial charge in [0.15, 0.2) is 0 Å². The van der Waals surface area contributed by atoms with Gasteiger partial charge in [-0.15, -0.1) is 0 Å². The minimum absolute atomic E-state index is 0.113. The molecule has 0 spiro atoms. The van der Waals surface area contributed by atoms with E-state index in [1.54, 1.807) is 12.1 Å². The van der Waals surface area contributed by atoms with Crippen molar-refractivity contribution in [2.45, 2.75) is 37.6 Å². The first-order valence-corrected chi connectivity index (χ1v) is 8.22. The fraction of sp³-hybridized carbons (Fsp3) is 0.368. The quantitative estimate of drug-likeness (QED) is 0.872. The Kier molecular flexibility index (Phi) is 5.21. The first-order valence-electron chi connectivity index (χ1n) is 8.22. The molecule has 0 saturated carbocycles. The maximum atomic E-state index is 13.1. The normalized spacial score (nSPS) is 21.6. The molecular weight excluding hydrogens is 313 g/mol. The van der Waals surface area contributed by atoms with Gasteiger partial charge in [-0.05, 0) is 36.6 Å². The van der Waals surface area contributed by atoms with Crippen LogP contribution in [0.2, 0.25) is 0 Å². The molecule has 5 heteroatoms. The molecule has 2 nitrogen and oxygen atoms in total. The molecule has 2 N–H and O–H groups in total. The smallest absolute Gasteiger partial charge is 0.309 e. The van der Waals surface area contributed by atoms with Crippen LogP contribution in [0.15, 0.2) is 54.6 Å². The SMILES string of the molecule is FC(F)(F)c1ccccc1CN[C@@H]1CCCN[C@@H]1c1ccccc1. The highest BCUT2D eigenvalue weighted by atomic mass is 19.4. The van der Waals surface area contributed by atoms with Gasteiger partial charge in [-0.1, -0.05) is 48.5 Å². The largest absolute Gasteiger partial charge is 0.416 e. The lowest BCUT2D eigenvalue weighted by atomic mass is 9.92. The van der Waals surface area contributed by atoms with Crippen LogP contribution < -0.4 is 10.6 Å². The standard InChI is InChI=1S/C19H21F3N2/c20-19(21,22)16-10-5-4-9-15(16)13-24-17-11-6-12-23-18(17)14-7-2-1-3-8-14/h1-5,7-10,17-18,23-24H,6,11-13H2/t17-,18-/m1/s1. The highest BCUT2D eigenvalue weighted by Crippen LogP contribution is 2.32. The maximum absolute atomic E-state index is 13.1. The average molecular weight is 334 g/mol. The van der Waals surface area contributed by atoms with Gasteiger partial charge in [-0.2, -0.15) is 13.2 Å². The van der Waals surface area contributed by atoms with E-state index < -0.39 is 11.7 Å². The molecule has 3 rings (SSSR count). The summed E-state index contributed by atoms with van der Waals surface area (Å²) in [6.45, 7) is 1.14. The van der Waals surface area contributed by atoms with E-state index in [2.05, 4.69) is 22.8 Å². The highest BCUT2D eigenvalue weighted by Gasteiger charge is 2.33. The number of hydrogen-bond donors (Lipinski definition) is 2. The highest BCUT2D eigenvalue weighted by molar-refractivity contribution is 5.30. The Morgan fingerprint density at radius 2 is 1.71 bits per heavy atom. The molecular formula is C19H21F3N2. The molecule has 1 heterocycles. The molecule has 24 heavy (non-hydrogen) atoms. The van der Waals surface area contributed by atoms with Crippen molar-refractivity contribution >= 4 is 0 Å². The molecule has 0 bridgehead atoms. The zero-order valence-corrected chi connectivity index (χ0v) is 13.3. The summed E-state index contributed by atoms with van der Waals surface area (Å²) in [5, 5.41) is 6.82. The topological polar surface area (TPSA) is 24.1 Å². The van der Waals surface area contributed by atoms with Crippen LogP contribution in [0.1, 0.15) is 35.6 Å². The molecule has 2 atom stereocenters. The second kappa shape index (κ2) is 7.36. The van der Waals surface area contributed by atoms with Crippen molar-refractivity contribution in [3.63, 3.8) is 0 Å². The number of halogens is 3. The predicted molar refractivity (Wildman–Crippen MR) is 88.5 cm³/mol. The summed E-state index contributed by atoms with van der Waals surface area (Å²) in [5.41, 5.74) is 0.902. The van der Waals surface area contributed by atoms with E-state index in [9.17, 15) is 13.2 Å². The number of alkyl halides is 3. The van der Waals surface area contributed by atoms with Gasteiger partial charge in [0, 0.05) is 18.6 Å². The third-order valence-corrected chi connectivity index (χ3v) is 4.49. The lowest BCUT2D eigenvalue weighted by molar-refractivity contribution is -0.138. The molecule has 1 fully saturated rings. The van der Waals surface area contributed by atoms with Gasteiger partial charge in [-0.3, -0.25) is 0 Å². The van der Waals surface area contributed by atoms with Gasteiger partial charge in [0.25, 0.3) is 0 Å². The maximum Gasteiger partial charge on any atom is 0.416 e. The van der Waals surface area contributed by atoms with Crippen molar-refractivity contribution in [1.82, 2.24) is 10.6 Å². The van der Waals surface area contributed by atoms with Crippen LogP contribution in [-0.2, 0) is 12.7 Å². The molecule has 0 unspecified atom stereocenters. The van der Waals surface area contributed by atoms with Gasteiger partial charge in [0.05, 0.1) is 5.56 Å². The molecule has 128 valence electrons. The Hall–Kier alpha value is -1.85. The van der Waals surface area contributed by atoms with Crippen molar-refractivity contribution < 1.29 is 13.2 Å². The minimum atomic E-state index is -4.32. The van der Waals surface area contributed by atoms with Crippen LogP contribution in [-0.4, -0.2) is 12.6 Å². The third kappa shape index (κ3) is 3.97. The van der Waals surface area contributed by atoms with E-state index in [1.165, 1.54) is 11.6 Å². The van der Waals surface area contributed by atoms with E-state index in [-0.39, 0.29) is 18.6 Å². The van der Waals surface area contributed by atoms with Crippen LogP contribution in [0.5, 0.6) is 0 Å². The molecule has 0 amide bonds. The van der Waals surface area contributed by atoms with Gasteiger partial charge in [0.1, 0.15) is 0 Å². The molecule has 1 saturated heterocycles. The van der Waals surface area contributed by atoms with Crippen LogP contribution in [0.4, 0.5) is 13.2 Å². The van der Waals surface area contributed by atoms with Crippen molar-refractivity contribution in [2.24, 2.45) is 0 Å². The third-order valence-electron chi connectivity index (χ3n) is 4.49. The summed E-state index contributed by atoms with van der Waals surface area (Å²) < 4.78 is 39.3. The summed E-state index contributed by atoms with van der Waals surface area (Å²) in [4.78, 5) is 0. The van der Waals surface area contributed by atoms with Crippen molar-refractivity contribution in [1.29, 1.82) is 0 Å². The summed E-state index contributed by atoms with van der Waals surface area (Å²) in [5.74, 6) is 0. The van der Waals surface area contributed by atoms with E-state index in [1.807, 2.05) is 18.2 Å². The Bertz CT molecular complexity index is 655. The zero-order valence-electron chi connectivity index (χ0n) is 13.3. The van der Waals surface area contributed by atoms with Crippen molar-refractivity contribution in [3.05, 3.63) is 71.3 Å². The predicted octanol–water partition coefficient (Wildman–Crippen LogP) is 4.29. The zero-order chi connectivity index (χ0) is 17.0. The summed E-state index contributed by atoms with van der Waals surface area (Å²) >= 11 is 0. The number of rotatable bonds is 4. The minimum Gasteiger partial charge on any atom is -0.309 e. The molecule has 0 aliphatic carbocycles. The summed E-state index contributed by atoms with van der Waals surface area (Å²) in [7, 11) is 0. The number of piperidine rings is 1. The fourth-order valence-corrected chi connectivity index (χ4v) is 3.31. The molecule has 2 aromatic carbocycles. The molecule has 1 aliphatic heterocycles. The van der Waals surface area contributed by atoms with Gasteiger partial charge >= 0.3 is 6.18 Å². The molecule has 0 aromatic heterocycles. The van der Waals surface area contributed by atoms with E-state index in [4.69, 9.17) is 0 Å². The van der Waals surface area contributed by atoms with E-state index in [0.29, 0.717) is 5.56 Å². The van der Waals surface area contributed by atoms with Gasteiger partial charge in [0.2, 0.25) is 0 Å². The summed E-state index contributed by atoms with van der Waals surface area (Å²) in [6, 6.07) is 16.1. The fourth-order valence-electron chi connectivity index (χ4n) is 3.31. The van der Waals surface area contributed by atoms with Gasteiger partial charge in [-0.25, -0.2) is 0 Å². The Morgan fingerprint density at radius 3 is 2.46 bits per heavy atom. The monoisotopic (exact) mass is 334 g/mol. The lowest BCUT2D eigenvalue weighted by Gasteiger charge is -2.34. The van der Waals surface area contributed by atoms with Gasteiger partial charge < -0.3 is 10.6 Å². The second-order valence-electron chi connectivity index (χ2n) is 6.13. The lowest BCUT2D eigenvalue weighted by Crippen LogP contribution is -2.45. The number of hydrogen-bond acceptors (Lipinski definition) is 2. The van der Waals surface area contributed by atoms with Crippen molar-refractivity contribution in [3.8, 4) is 0 Å². The number of benzene rings is 2. The Balaban J connectivity index is 1.74. The first-order chi connectivity index (χ1) is 11.6. The molecule has 1 aliphatic rings. The second-order valence-corrected chi connectivity index (χ2v) is 6.13. The average Bonchev–Trinajstić information content (AvgIpc) is 2.60. The van der Waals surface area contributed by atoms with E-state index in [0.717, 1.165) is 25.5 Å². The van der Waals surface area contributed by atoms with E-state index >= 15 is 0 Å². The van der Waals surface area contributed by atoms with Crippen LogP contribution in [0, 0.1) is 0 Å². The van der Waals surface area contributed by atoms with Crippen molar-refractivity contribution in [2.75, 3.05) is 6.54 Å². The molecule has 2 aromatic rings. The number of nitrogens with one attached hydrogen (secondary N) is 2. The molecule has 0 radical (unpaired) electrons. The van der Waals surface area contributed by atoms with Crippen LogP contribution in [0.3, 0.4) is 0 Å². The summed E-state index contributed by atoms with van der Waals surface area (Å²) in [6.07, 6.45) is -2.36. The Morgan fingerprint density at radius 1 is 1.00 bits per heavy atom. The van der Waals surface area contributed by atoms with Crippen LogP contribution >= 0.6 is 0 Å². The van der Waals surface area contributed by atoms with Crippen LogP contribution in [0.25, 0.3) is 0 Å². The first kappa shape index (κ1) is 17.0.